The molecule has 0 fully saturated rings. The summed E-state index contributed by atoms with van der Waals surface area (Å²) >= 11 is 6.26. The van der Waals surface area contributed by atoms with E-state index in [9.17, 15) is 0 Å². The number of nitrogens with zero attached hydrogens (tertiary/aromatic N) is 1. The van der Waals surface area contributed by atoms with Gasteiger partial charge in [0, 0.05) is 18.2 Å². The summed E-state index contributed by atoms with van der Waals surface area (Å²) in [5.41, 5.74) is 1.72. The number of hydrogen-bond acceptors (Lipinski definition) is 3. The van der Waals surface area contributed by atoms with Crippen LogP contribution in [0.25, 0.3) is 10.9 Å². The monoisotopic (exact) mass is 251 g/mol. The second kappa shape index (κ2) is 5.34. The maximum atomic E-state index is 6.26. The summed E-state index contributed by atoms with van der Waals surface area (Å²) in [6, 6.07) is 7.78. The third-order valence-electron chi connectivity index (χ3n) is 2.45. The number of aryl methyl sites for hydroxylation is 1. The number of benzene rings is 1. The molecule has 0 saturated heterocycles. The molecule has 1 aromatic carbocycles. The van der Waals surface area contributed by atoms with E-state index >= 15 is 0 Å². The van der Waals surface area contributed by atoms with E-state index in [0.717, 1.165) is 16.6 Å². The largest absolute Gasteiger partial charge is 0.490 e. The number of halogens is 1. The Hall–Kier alpha value is -1.32. The van der Waals surface area contributed by atoms with Gasteiger partial charge in [0.25, 0.3) is 0 Å². The van der Waals surface area contributed by atoms with Crippen LogP contribution in [0.3, 0.4) is 0 Å². The van der Waals surface area contributed by atoms with Crippen LogP contribution < -0.4 is 4.74 Å². The summed E-state index contributed by atoms with van der Waals surface area (Å²) in [5.74, 6) is 0.648. The molecule has 0 atom stereocenters. The van der Waals surface area contributed by atoms with Gasteiger partial charge in [0.15, 0.2) is 0 Å². The summed E-state index contributed by atoms with van der Waals surface area (Å²) in [6.07, 6.45) is 0. The van der Waals surface area contributed by atoms with Gasteiger partial charge in [0.05, 0.1) is 12.1 Å². The van der Waals surface area contributed by atoms with E-state index in [1.165, 1.54) is 0 Å². The maximum absolute atomic E-state index is 6.26. The molecular formula is C13H14ClNO2. The lowest BCUT2D eigenvalue weighted by molar-refractivity contribution is 0.146. The van der Waals surface area contributed by atoms with E-state index < -0.39 is 0 Å². The summed E-state index contributed by atoms with van der Waals surface area (Å²) < 4.78 is 10.5. The van der Waals surface area contributed by atoms with Gasteiger partial charge in [-0.3, -0.25) is 4.98 Å². The van der Waals surface area contributed by atoms with E-state index in [-0.39, 0.29) is 0 Å². The van der Waals surface area contributed by atoms with Crippen molar-refractivity contribution in [1.82, 2.24) is 4.98 Å². The van der Waals surface area contributed by atoms with Crippen LogP contribution in [0.2, 0.25) is 5.02 Å². The molecule has 17 heavy (non-hydrogen) atoms. The Bertz CT molecular complexity index is 528. The Morgan fingerprint density at radius 3 is 2.71 bits per heavy atom. The topological polar surface area (TPSA) is 31.4 Å². The zero-order valence-electron chi connectivity index (χ0n) is 9.87. The van der Waals surface area contributed by atoms with Crippen LogP contribution >= 0.6 is 11.6 Å². The van der Waals surface area contributed by atoms with Crippen molar-refractivity contribution in [3.63, 3.8) is 0 Å². The van der Waals surface area contributed by atoms with E-state index in [0.29, 0.717) is 24.0 Å². The average Bonchev–Trinajstić information content (AvgIpc) is 2.33. The van der Waals surface area contributed by atoms with Crippen LogP contribution in [0.4, 0.5) is 0 Å². The predicted octanol–water partition coefficient (Wildman–Crippen LogP) is 3.22. The molecule has 0 aliphatic heterocycles. The van der Waals surface area contributed by atoms with Crippen molar-refractivity contribution in [2.24, 2.45) is 0 Å². The first kappa shape index (κ1) is 12.1. The van der Waals surface area contributed by atoms with E-state index in [1.807, 2.05) is 31.2 Å². The lowest BCUT2D eigenvalue weighted by Gasteiger charge is -2.09. The Balaban J connectivity index is 2.35. The Morgan fingerprint density at radius 1 is 1.18 bits per heavy atom. The molecule has 1 heterocycles. The number of rotatable bonds is 4. The molecule has 3 nitrogen and oxygen atoms in total. The van der Waals surface area contributed by atoms with Crippen molar-refractivity contribution < 1.29 is 9.47 Å². The fourth-order valence-electron chi connectivity index (χ4n) is 1.58. The molecule has 0 aliphatic carbocycles. The van der Waals surface area contributed by atoms with Crippen LogP contribution in [0.1, 0.15) is 5.69 Å². The molecule has 90 valence electrons. The molecule has 2 aromatic rings. The SMILES string of the molecule is COCCOc1ccc2ccc(C)nc2c1Cl. The molecule has 0 amide bonds. The molecule has 0 aliphatic rings. The molecular weight excluding hydrogens is 238 g/mol. The zero-order chi connectivity index (χ0) is 12.3. The van der Waals surface area contributed by atoms with E-state index in [2.05, 4.69) is 4.98 Å². The summed E-state index contributed by atoms with van der Waals surface area (Å²) in [5, 5.41) is 1.57. The summed E-state index contributed by atoms with van der Waals surface area (Å²) in [6.45, 7) is 2.96. The number of aromatic nitrogens is 1. The quantitative estimate of drug-likeness (QED) is 0.782. The molecule has 0 spiro atoms. The molecule has 0 radical (unpaired) electrons. The van der Waals surface area contributed by atoms with Crippen LogP contribution in [-0.4, -0.2) is 25.3 Å². The van der Waals surface area contributed by atoms with Gasteiger partial charge in [-0.2, -0.15) is 0 Å². The summed E-state index contributed by atoms with van der Waals surface area (Å²) in [4.78, 5) is 4.42. The Morgan fingerprint density at radius 2 is 1.94 bits per heavy atom. The first-order valence-electron chi connectivity index (χ1n) is 5.40. The third-order valence-corrected chi connectivity index (χ3v) is 2.81. The molecule has 0 bridgehead atoms. The lowest BCUT2D eigenvalue weighted by Crippen LogP contribution is -2.04. The van der Waals surface area contributed by atoms with Crippen molar-refractivity contribution in [2.45, 2.75) is 6.92 Å². The van der Waals surface area contributed by atoms with Crippen LogP contribution in [0.15, 0.2) is 24.3 Å². The second-order valence-corrected chi connectivity index (χ2v) is 4.12. The number of pyridine rings is 1. The highest BCUT2D eigenvalue weighted by Crippen LogP contribution is 2.31. The van der Waals surface area contributed by atoms with Gasteiger partial charge in [0.1, 0.15) is 17.4 Å². The van der Waals surface area contributed by atoms with Crippen LogP contribution in [0.5, 0.6) is 5.75 Å². The van der Waals surface area contributed by atoms with Gasteiger partial charge in [-0.1, -0.05) is 17.7 Å². The van der Waals surface area contributed by atoms with Crippen molar-refractivity contribution in [1.29, 1.82) is 0 Å². The average molecular weight is 252 g/mol. The minimum Gasteiger partial charge on any atom is -0.490 e. The number of hydrogen-bond donors (Lipinski definition) is 0. The first-order valence-corrected chi connectivity index (χ1v) is 5.78. The van der Waals surface area contributed by atoms with Crippen LogP contribution in [0, 0.1) is 6.92 Å². The van der Waals surface area contributed by atoms with Gasteiger partial charge in [0.2, 0.25) is 0 Å². The van der Waals surface area contributed by atoms with Gasteiger partial charge in [-0.15, -0.1) is 0 Å². The first-order chi connectivity index (χ1) is 8.22. The molecule has 4 heteroatoms. The fraction of sp³-hybridized carbons (Fsp3) is 0.308. The van der Waals surface area contributed by atoms with E-state index in [4.69, 9.17) is 21.1 Å². The molecule has 0 saturated carbocycles. The number of fused-ring (bicyclic) bond motifs is 1. The molecule has 0 N–H and O–H groups in total. The van der Waals surface area contributed by atoms with Crippen molar-refractivity contribution >= 4 is 22.5 Å². The van der Waals surface area contributed by atoms with E-state index in [1.54, 1.807) is 7.11 Å². The highest BCUT2D eigenvalue weighted by molar-refractivity contribution is 6.36. The third kappa shape index (κ3) is 2.68. The van der Waals surface area contributed by atoms with Gasteiger partial charge in [-0.05, 0) is 25.1 Å². The Labute approximate surface area is 105 Å². The highest BCUT2D eigenvalue weighted by Gasteiger charge is 2.08. The van der Waals surface area contributed by atoms with Gasteiger partial charge in [-0.25, -0.2) is 0 Å². The molecule has 1 aromatic heterocycles. The van der Waals surface area contributed by atoms with Crippen molar-refractivity contribution in [3.8, 4) is 5.75 Å². The minimum atomic E-state index is 0.480. The Kier molecular flexibility index (Phi) is 3.82. The highest BCUT2D eigenvalue weighted by atomic mass is 35.5. The van der Waals surface area contributed by atoms with Gasteiger partial charge >= 0.3 is 0 Å². The molecule has 0 unspecified atom stereocenters. The zero-order valence-corrected chi connectivity index (χ0v) is 10.6. The standard InChI is InChI=1S/C13H14ClNO2/c1-9-3-4-10-5-6-11(17-8-7-16-2)12(14)13(10)15-9/h3-6H,7-8H2,1-2H3. The lowest BCUT2D eigenvalue weighted by atomic mass is 10.2. The van der Waals surface area contributed by atoms with Gasteiger partial charge < -0.3 is 9.47 Å². The summed E-state index contributed by atoms with van der Waals surface area (Å²) in [7, 11) is 1.64. The number of methoxy groups -OCH3 is 1. The minimum absolute atomic E-state index is 0.480. The second-order valence-electron chi connectivity index (χ2n) is 3.74. The van der Waals surface area contributed by atoms with Crippen molar-refractivity contribution in [2.75, 3.05) is 20.3 Å². The molecule has 2 rings (SSSR count). The smallest absolute Gasteiger partial charge is 0.140 e. The number of ether oxygens (including phenoxy) is 2. The van der Waals surface area contributed by atoms with Crippen molar-refractivity contribution in [3.05, 3.63) is 35.0 Å². The normalized spacial score (nSPS) is 10.8. The maximum Gasteiger partial charge on any atom is 0.140 e. The predicted molar refractivity (Wildman–Crippen MR) is 68.9 cm³/mol. The fourth-order valence-corrected chi connectivity index (χ4v) is 1.85. The van der Waals surface area contributed by atoms with Crippen LogP contribution in [-0.2, 0) is 4.74 Å².